The molecule has 0 fully saturated rings. The van der Waals surface area contributed by atoms with Crippen molar-refractivity contribution < 1.29 is 8.95 Å². The molecule has 0 bridgehead atoms. The standard InChI is InChI=1S/C9H20O2S/c1-3-7-11-8-5-4-6-9-12(2)10/h3-9H2,1-2H3. The number of ether oxygens (including phenoxy) is 1. The SMILES string of the molecule is CCCOCCCCCS(C)=O. The van der Waals surface area contributed by atoms with Crippen molar-refractivity contribution in [2.45, 2.75) is 32.6 Å². The summed E-state index contributed by atoms with van der Waals surface area (Å²) in [6.45, 7) is 3.85. The Kier molecular flexibility index (Phi) is 9.28. The van der Waals surface area contributed by atoms with Gasteiger partial charge >= 0.3 is 0 Å². The summed E-state index contributed by atoms with van der Waals surface area (Å²) in [5.41, 5.74) is 0. The lowest BCUT2D eigenvalue weighted by atomic mass is 10.3. The summed E-state index contributed by atoms with van der Waals surface area (Å²) in [5, 5.41) is 0. The average Bonchev–Trinajstić information content (AvgIpc) is 2.02. The largest absolute Gasteiger partial charge is 0.381 e. The average molecular weight is 192 g/mol. The number of hydrogen-bond donors (Lipinski definition) is 0. The zero-order chi connectivity index (χ0) is 9.23. The summed E-state index contributed by atoms with van der Waals surface area (Å²) in [4.78, 5) is 0. The molecule has 0 aromatic rings. The Bertz CT molecular complexity index is 115. The summed E-state index contributed by atoms with van der Waals surface area (Å²) >= 11 is 0. The van der Waals surface area contributed by atoms with E-state index < -0.39 is 10.8 Å². The van der Waals surface area contributed by atoms with Crippen LogP contribution < -0.4 is 0 Å². The van der Waals surface area contributed by atoms with E-state index in [2.05, 4.69) is 6.92 Å². The first kappa shape index (κ1) is 12.1. The zero-order valence-electron chi connectivity index (χ0n) is 8.17. The van der Waals surface area contributed by atoms with Gasteiger partial charge in [-0.05, 0) is 19.3 Å². The predicted octanol–water partition coefficient (Wildman–Crippen LogP) is 1.96. The molecule has 0 saturated heterocycles. The minimum Gasteiger partial charge on any atom is -0.381 e. The number of unbranched alkanes of at least 4 members (excludes halogenated alkanes) is 2. The van der Waals surface area contributed by atoms with Crippen LogP contribution in [0.15, 0.2) is 0 Å². The second-order valence-corrected chi connectivity index (χ2v) is 4.50. The van der Waals surface area contributed by atoms with Crippen LogP contribution >= 0.6 is 0 Å². The molecule has 0 aliphatic rings. The van der Waals surface area contributed by atoms with Crippen molar-refractivity contribution in [3.63, 3.8) is 0 Å². The van der Waals surface area contributed by atoms with Gasteiger partial charge in [0.2, 0.25) is 0 Å². The molecule has 0 spiro atoms. The Morgan fingerprint density at radius 3 is 2.50 bits per heavy atom. The highest BCUT2D eigenvalue weighted by Crippen LogP contribution is 1.97. The quantitative estimate of drug-likeness (QED) is 0.550. The van der Waals surface area contributed by atoms with Crippen molar-refractivity contribution in [2.24, 2.45) is 0 Å². The van der Waals surface area contributed by atoms with E-state index in [0.29, 0.717) is 0 Å². The monoisotopic (exact) mass is 192 g/mol. The van der Waals surface area contributed by atoms with E-state index in [4.69, 9.17) is 4.74 Å². The van der Waals surface area contributed by atoms with Crippen molar-refractivity contribution in [2.75, 3.05) is 25.2 Å². The molecule has 0 aromatic carbocycles. The van der Waals surface area contributed by atoms with Gasteiger partial charge in [-0.2, -0.15) is 0 Å². The third-order valence-electron chi connectivity index (χ3n) is 1.57. The Balaban J connectivity index is 2.86. The van der Waals surface area contributed by atoms with Gasteiger partial charge in [-0.25, -0.2) is 0 Å². The molecule has 0 aliphatic carbocycles. The van der Waals surface area contributed by atoms with Gasteiger partial charge in [-0.1, -0.05) is 13.3 Å². The topological polar surface area (TPSA) is 26.3 Å². The molecule has 0 rings (SSSR count). The van der Waals surface area contributed by atoms with E-state index in [9.17, 15) is 4.21 Å². The van der Waals surface area contributed by atoms with Crippen LogP contribution in [0.5, 0.6) is 0 Å². The smallest absolute Gasteiger partial charge is 0.0466 e. The first-order valence-corrected chi connectivity index (χ1v) is 6.38. The van der Waals surface area contributed by atoms with Crippen molar-refractivity contribution in [3.05, 3.63) is 0 Å². The minimum atomic E-state index is -0.615. The van der Waals surface area contributed by atoms with Crippen molar-refractivity contribution >= 4 is 10.8 Å². The lowest BCUT2D eigenvalue weighted by Crippen LogP contribution is -1.98. The Morgan fingerprint density at radius 2 is 1.92 bits per heavy atom. The first-order valence-electron chi connectivity index (χ1n) is 4.65. The molecule has 2 nitrogen and oxygen atoms in total. The molecule has 0 aromatic heterocycles. The summed E-state index contributed by atoms with van der Waals surface area (Å²) in [5.74, 6) is 0.841. The third kappa shape index (κ3) is 10.1. The molecule has 3 heteroatoms. The molecule has 12 heavy (non-hydrogen) atoms. The summed E-state index contributed by atoms with van der Waals surface area (Å²) in [6.07, 6.45) is 6.17. The first-order chi connectivity index (χ1) is 5.77. The third-order valence-corrected chi connectivity index (χ3v) is 2.43. The molecular formula is C9H20O2S. The molecule has 0 N–H and O–H groups in total. The maximum atomic E-state index is 10.7. The van der Waals surface area contributed by atoms with Crippen LogP contribution in [0.4, 0.5) is 0 Å². The van der Waals surface area contributed by atoms with Crippen molar-refractivity contribution in [3.8, 4) is 0 Å². The van der Waals surface area contributed by atoms with Crippen LogP contribution in [-0.2, 0) is 15.5 Å². The molecule has 1 atom stereocenters. The van der Waals surface area contributed by atoms with Gasteiger partial charge < -0.3 is 4.74 Å². The normalized spacial score (nSPS) is 13.2. The number of hydrogen-bond acceptors (Lipinski definition) is 2. The van der Waals surface area contributed by atoms with Gasteiger partial charge in [0.05, 0.1) is 0 Å². The molecule has 1 unspecified atom stereocenters. The minimum absolute atomic E-state index is 0.615. The van der Waals surface area contributed by atoms with Crippen LogP contribution in [0, 0.1) is 0 Å². The second-order valence-electron chi connectivity index (χ2n) is 2.95. The van der Waals surface area contributed by atoms with E-state index in [1.807, 2.05) is 0 Å². The Labute approximate surface area is 78.1 Å². The van der Waals surface area contributed by atoms with Gasteiger partial charge in [-0.15, -0.1) is 0 Å². The highest BCUT2D eigenvalue weighted by molar-refractivity contribution is 7.84. The Morgan fingerprint density at radius 1 is 1.17 bits per heavy atom. The predicted molar refractivity (Wildman–Crippen MR) is 53.9 cm³/mol. The van der Waals surface area contributed by atoms with E-state index in [-0.39, 0.29) is 0 Å². The molecule has 0 aliphatic heterocycles. The fourth-order valence-electron chi connectivity index (χ4n) is 0.933. The van der Waals surface area contributed by atoms with Crippen LogP contribution in [0.1, 0.15) is 32.6 Å². The highest BCUT2D eigenvalue weighted by atomic mass is 32.2. The molecule has 0 saturated carbocycles. The van der Waals surface area contributed by atoms with E-state index >= 15 is 0 Å². The summed E-state index contributed by atoms with van der Waals surface area (Å²) < 4.78 is 16.0. The van der Waals surface area contributed by atoms with Crippen LogP contribution in [-0.4, -0.2) is 29.4 Å². The van der Waals surface area contributed by atoms with E-state index in [1.165, 1.54) is 0 Å². The van der Waals surface area contributed by atoms with Gasteiger partial charge in [0.15, 0.2) is 0 Å². The van der Waals surface area contributed by atoms with Crippen LogP contribution in [0.2, 0.25) is 0 Å². The van der Waals surface area contributed by atoms with Gasteiger partial charge in [0.25, 0.3) is 0 Å². The van der Waals surface area contributed by atoms with Gasteiger partial charge in [-0.3, -0.25) is 4.21 Å². The summed E-state index contributed by atoms with van der Waals surface area (Å²) in [7, 11) is -0.615. The van der Waals surface area contributed by atoms with Gasteiger partial charge in [0, 0.05) is 36.0 Å². The zero-order valence-corrected chi connectivity index (χ0v) is 8.99. The summed E-state index contributed by atoms with van der Waals surface area (Å²) in [6, 6.07) is 0. The maximum absolute atomic E-state index is 10.7. The van der Waals surface area contributed by atoms with Crippen LogP contribution in [0.25, 0.3) is 0 Å². The fraction of sp³-hybridized carbons (Fsp3) is 1.00. The highest BCUT2D eigenvalue weighted by Gasteiger charge is 1.92. The van der Waals surface area contributed by atoms with Crippen molar-refractivity contribution in [1.29, 1.82) is 0 Å². The lowest BCUT2D eigenvalue weighted by molar-refractivity contribution is 0.131. The second kappa shape index (κ2) is 9.20. The van der Waals surface area contributed by atoms with Crippen LogP contribution in [0.3, 0.4) is 0 Å². The van der Waals surface area contributed by atoms with E-state index in [0.717, 1.165) is 44.6 Å². The molecular weight excluding hydrogens is 172 g/mol. The number of rotatable bonds is 8. The molecule has 0 heterocycles. The van der Waals surface area contributed by atoms with Crippen molar-refractivity contribution in [1.82, 2.24) is 0 Å². The van der Waals surface area contributed by atoms with Gasteiger partial charge in [0.1, 0.15) is 0 Å². The van der Waals surface area contributed by atoms with E-state index in [1.54, 1.807) is 6.26 Å². The fourth-order valence-corrected chi connectivity index (χ4v) is 1.54. The molecule has 74 valence electrons. The lowest BCUT2D eigenvalue weighted by Gasteiger charge is -2.01. The molecule has 0 amide bonds. The maximum Gasteiger partial charge on any atom is 0.0466 e. The Hall–Kier alpha value is 0.110. The molecule has 0 radical (unpaired) electrons.